The SMILES string of the molecule is CCNC(CCc1cccs1)c1cc(F)c(F)c(F)c1. The molecule has 0 aliphatic heterocycles. The molecule has 0 aliphatic rings. The van der Waals surface area contributed by atoms with Crippen molar-refractivity contribution in [3.05, 3.63) is 57.5 Å². The monoisotopic (exact) mass is 299 g/mol. The summed E-state index contributed by atoms with van der Waals surface area (Å²) >= 11 is 1.65. The fourth-order valence-corrected chi connectivity index (χ4v) is 2.88. The van der Waals surface area contributed by atoms with Crippen molar-refractivity contribution in [3.8, 4) is 0 Å². The molecule has 0 bridgehead atoms. The van der Waals surface area contributed by atoms with Crippen molar-refractivity contribution < 1.29 is 13.2 Å². The summed E-state index contributed by atoms with van der Waals surface area (Å²) in [7, 11) is 0. The third kappa shape index (κ3) is 3.61. The third-order valence-corrected chi connectivity index (χ3v) is 4.05. The van der Waals surface area contributed by atoms with Gasteiger partial charge in [0, 0.05) is 10.9 Å². The number of hydrogen-bond acceptors (Lipinski definition) is 2. The van der Waals surface area contributed by atoms with Crippen molar-refractivity contribution >= 4 is 11.3 Å². The van der Waals surface area contributed by atoms with Crippen LogP contribution in [0.5, 0.6) is 0 Å². The second-order valence-electron chi connectivity index (χ2n) is 4.53. The molecule has 1 nitrogen and oxygen atoms in total. The fourth-order valence-electron chi connectivity index (χ4n) is 2.15. The molecule has 1 aromatic heterocycles. The van der Waals surface area contributed by atoms with Gasteiger partial charge in [-0.3, -0.25) is 0 Å². The molecule has 2 aromatic rings. The summed E-state index contributed by atoms with van der Waals surface area (Å²) in [4.78, 5) is 1.22. The van der Waals surface area contributed by atoms with E-state index in [1.165, 1.54) is 4.88 Å². The smallest absolute Gasteiger partial charge is 0.194 e. The van der Waals surface area contributed by atoms with Crippen LogP contribution >= 0.6 is 11.3 Å². The average Bonchev–Trinajstić information content (AvgIpc) is 2.93. The Morgan fingerprint density at radius 1 is 1.20 bits per heavy atom. The van der Waals surface area contributed by atoms with Gasteiger partial charge in [0.05, 0.1) is 0 Å². The molecule has 108 valence electrons. The highest BCUT2D eigenvalue weighted by Crippen LogP contribution is 2.24. The lowest BCUT2D eigenvalue weighted by atomic mass is 10.0. The highest BCUT2D eigenvalue weighted by atomic mass is 32.1. The number of thiophene rings is 1. The number of hydrogen-bond donors (Lipinski definition) is 1. The van der Waals surface area contributed by atoms with E-state index in [4.69, 9.17) is 0 Å². The van der Waals surface area contributed by atoms with Crippen molar-refractivity contribution in [1.82, 2.24) is 5.32 Å². The first kappa shape index (κ1) is 15.1. The number of rotatable bonds is 6. The van der Waals surface area contributed by atoms with E-state index in [-0.39, 0.29) is 6.04 Å². The van der Waals surface area contributed by atoms with E-state index in [0.717, 1.165) is 18.6 Å². The predicted molar refractivity (Wildman–Crippen MR) is 75.4 cm³/mol. The lowest BCUT2D eigenvalue weighted by Gasteiger charge is -2.18. The van der Waals surface area contributed by atoms with E-state index in [2.05, 4.69) is 5.32 Å². The molecule has 0 fully saturated rings. The van der Waals surface area contributed by atoms with E-state index in [1.807, 2.05) is 24.4 Å². The molecule has 20 heavy (non-hydrogen) atoms. The van der Waals surface area contributed by atoms with Crippen LogP contribution in [0.4, 0.5) is 13.2 Å². The van der Waals surface area contributed by atoms with Crippen molar-refractivity contribution in [2.75, 3.05) is 6.54 Å². The maximum atomic E-state index is 13.3. The Hall–Kier alpha value is -1.33. The minimum atomic E-state index is -1.41. The highest BCUT2D eigenvalue weighted by Gasteiger charge is 2.17. The van der Waals surface area contributed by atoms with Crippen LogP contribution in [-0.4, -0.2) is 6.54 Å². The van der Waals surface area contributed by atoms with E-state index in [1.54, 1.807) is 11.3 Å². The molecule has 5 heteroatoms. The van der Waals surface area contributed by atoms with Gasteiger partial charge in [-0.2, -0.15) is 0 Å². The molecule has 0 radical (unpaired) electrons. The predicted octanol–water partition coefficient (Wildman–Crippen LogP) is 4.45. The molecule has 1 atom stereocenters. The van der Waals surface area contributed by atoms with Gasteiger partial charge in [0.15, 0.2) is 17.5 Å². The Morgan fingerprint density at radius 3 is 2.45 bits per heavy atom. The molecular formula is C15H16F3NS. The van der Waals surface area contributed by atoms with Gasteiger partial charge in [-0.1, -0.05) is 13.0 Å². The van der Waals surface area contributed by atoms with Crippen LogP contribution in [0.25, 0.3) is 0 Å². The third-order valence-electron chi connectivity index (χ3n) is 3.12. The molecule has 0 amide bonds. The first-order valence-corrected chi connectivity index (χ1v) is 7.40. The van der Waals surface area contributed by atoms with E-state index in [0.29, 0.717) is 18.5 Å². The Morgan fingerprint density at radius 2 is 1.90 bits per heavy atom. The molecular weight excluding hydrogens is 283 g/mol. The Kier molecular flexibility index (Phi) is 5.20. The minimum Gasteiger partial charge on any atom is -0.310 e. The summed E-state index contributed by atoms with van der Waals surface area (Å²) in [5.74, 6) is -3.69. The zero-order valence-corrected chi connectivity index (χ0v) is 11.9. The molecule has 1 N–H and O–H groups in total. The maximum Gasteiger partial charge on any atom is 0.194 e. The van der Waals surface area contributed by atoms with E-state index >= 15 is 0 Å². The van der Waals surface area contributed by atoms with Crippen LogP contribution in [0, 0.1) is 17.5 Å². The maximum absolute atomic E-state index is 13.3. The van der Waals surface area contributed by atoms with Crippen molar-refractivity contribution in [2.24, 2.45) is 0 Å². The summed E-state index contributed by atoms with van der Waals surface area (Å²) in [5.41, 5.74) is 0.444. The fraction of sp³-hybridized carbons (Fsp3) is 0.333. The first-order valence-electron chi connectivity index (χ1n) is 6.52. The second-order valence-corrected chi connectivity index (χ2v) is 5.56. The quantitative estimate of drug-likeness (QED) is 0.777. The van der Waals surface area contributed by atoms with Crippen LogP contribution in [0.15, 0.2) is 29.6 Å². The molecule has 1 unspecified atom stereocenters. The van der Waals surface area contributed by atoms with E-state index in [9.17, 15) is 13.2 Å². The topological polar surface area (TPSA) is 12.0 Å². The first-order chi connectivity index (χ1) is 9.61. The summed E-state index contributed by atoms with van der Waals surface area (Å²) in [6.45, 7) is 2.60. The molecule has 1 aromatic carbocycles. The van der Waals surface area contributed by atoms with Crippen LogP contribution in [0.2, 0.25) is 0 Å². The van der Waals surface area contributed by atoms with Gasteiger partial charge >= 0.3 is 0 Å². The van der Waals surface area contributed by atoms with Crippen LogP contribution in [0.3, 0.4) is 0 Å². The second kappa shape index (κ2) is 6.90. The van der Waals surface area contributed by atoms with Gasteiger partial charge < -0.3 is 5.32 Å². The molecule has 0 saturated heterocycles. The van der Waals surface area contributed by atoms with Gasteiger partial charge in [-0.05, 0) is 48.5 Å². The van der Waals surface area contributed by atoms with Crippen LogP contribution in [-0.2, 0) is 6.42 Å². The summed E-state index contributed by atoms with van der Waals surface area (Å²) in [6, 6.07) is 5.95. The molecule has 0 spiro atoms. The van der Waals surface area contributed by atoms with Gasteiger partial charge in [0.2, 0.25) is 0 Å². The number of halogens is 3. The lowest BCUT2D eigenvalue weighted by Crippen LogP contribution is -2.22. The summed E-state index contributed by atoms with van der Waals surface area (Å²) in [5, 5.41) is 5.18. The average molecular weight is 299 g/mol. The molecule has 1 heterocycles. The van der Waals surface area contributed by atoms with Gasteiger partial charge in [-0.25, -0.2) is 13.2 Å². The number of aryl methyl sites for hydroxylation is 1. The van der Waals surface area contributed by atoms with Gasteiger partial charge in [0.25, 0.3) is 0 Å². The number of benzene rings is 1. The lowest BCUT2D eigenvalue weighted by molar-refractivity contribution is 0.437. The minimum absolute atomic E-state index is 0.188. The Balaban J connectivity index is 2.15. The van der Waals surface area contributed by atoms with Crippen LogP contribution in [0.1, 0.15) is 29.8 Å². The largest absolute Gasteiger partial charge is 0.310 e. The van der Waals surface area contributed by atoms with Crippen LogP contribution < -0.4 is 5.32 Å². The Bertz CT molecular complexity index is 531. The van der Waals surface area contributed by atoms with Gasteiger partial charge in [-0.15, -0.1) is 11.3 Å². The Labute approximate surface area is 120 Å². The van der Waals surface area contributed by atoms with Crippen molar-refractivity contribution in [1.29, 1.82) is 0 Å². The van der Waals surface area contributed by atoms with E-state index < -0.39 is 17.5 Å². The van der Waals surface area contributed by atoms with Gasteiger partial charge in [0.1, 0.15) is 0 Å². The standard InChI is InChI=1S/C15H16F3NS/c1-2-19-14(6-5-11-4-3-7-20-11)10-8-12(16)15(18)13(17)9-10/h3-4,7-9,14,19H,2,5-6H2,1H3. The van der Waals surface area contributed by atoms with Crippen molar-refractivity contribution in [2.45, 2.75) is 25.8 Å². The molecule has 2 rings (SSSR count). The highest BCUT2D eigenvalue weighted by molar-refractivity contribution is 7.09. The summed E-state index contributed by atoms with van der Waals surface area (Å²) in [6.07, 6.45) is 1.52. The zero-order chi connectivity index (χ0) is 14.5. The number of nitrogens with one attached hydrogen (secondary N) is 1. The molecule has 0 saturated carbocycles. The van der Waals surface area contributed by atoms with Crippen molar-refractivity contribution in [3.63, 3.8) is 0 Å². The normalized spacial score (nSPS) is 12.6. The molecule has 0 aliphatic carbocycles. The zero-order valence-electron chi connectivity index (χ0n) is 11.1. The summed E-state index contributed by atoms with van der Waals surface area (Å²) < 4.78 is 39.6.